The van der Waals surface area contributed by atoms with Gasteiger partial charge in [-0.3, -0.25) is 14.9 Å². The molecule has 0 fully saturated rings. The predicted molar refractivity (Wildman–Crippen MR) is 124 cm³/mol. The summed E-state index contributed by atoms with van der Waals surface area (Å²) < 4.78 is 5.93. The van der Waals surface area contributed by atoms with E-state index in [-0.39, 0.29) is 11.3 Å². The van der Waals surface area contributed by atoms with Crippen molar-refractivity contribution in [2.75, 3.05) is 5.32 Å². The van der Waals surface area contributed by atoms with Crippen LogP contribution in [0, 0.1) is 17.0 Å². The first-order chi connectivity index (χ1) is 15.4. The summed E-state index contributed by atoms with van der Waals surface area (Å²) in [5, 5.41) is 14.0. The van der Waals surface area contributed by atoms with Gasteiger partial charge in [-0.1, -0.05) is 32.0 Å². The Morgan fingerprint density at radius 3 is 2.69 bits per heavy atom. The summed E-state index contributed by atoms with van der Waals surface area (Å²) in [5.74, 6) is 0.485. The van der Waals surface area contributed by atoms with Crippen molar-refractivity contribution < 1.29 is 14.1 Å². The highest BCUT2D eigenvalue weighted by Crippen LogP contribution is 2.29. The van der Waals surface area contributed by atoms with Gasteiger partial charge in [-0.2, -0.15) is 0 Å². The number of carbonyl (C=O) groups is 1. The molecule has 0 aliphatic carbocycles. The zero-order chi connectivity index (χ0) is 22.8. The van der Waals surface area contributed by atoms with Crippen molar-refractivity contribution >= 4 is 28.4 Å². The first kappa shape index (κ1) is 21.2. The number of carbonyl (C=O) groups excluding carboxylic acids is 1. The maximum Gasteiger partial charge on any atom is 0.273 e. The number of rotatable bonds is 6. The Bertz CT molecular complexity index is 1330. The average molecular weight is 429 g/mol. The second kappa shape index (κ2) is 8.63. The van der Waals surface area contributed by atoms with Crippen LogP contribution in [0.1, 0.15) is 47.7 Å². The normalized spacial score (nSPS) is 12.0. The number of amides is 1. The van der Waals surface area contributed by atoms with Gasteiger partial charge in [0, 0.05) is 28.4 Å². The summed E-state index contributed by atoms with van der Waals surface area (Å²) in [4.78, 5) is 28.1. The Balaban J connectivity index is 1.61. The van der Waals surface area contributed by atoms with Crippen LogP contribution in [0.2, 0.25) is 0 Å². The fraction of sp³-hybridized carbons (Fsp3) is 0.200. The quantitative estimate of drug-likeness (QED) is 0.279. The van der Waals surface area contributed by atoms with Gasteiger partial charge in [-0.25, -0.2) is 4.98 Å². The fourth-order valence-corrected chi connectivity index (χ4v) is 3.61. The van der Waals surface area contributed by atoms with E-state index < -0.39 is 10.8 Å². The standard InChI is InChI=1S/C25H23N3O4/c1-4-15(2)17-11-12-23-21(14-17)27-25(32-23)18-7-5-8-19(13-18)26-24(29)20-9-6-10-22(16(20)3)28(30)31/h5-15H,4H2,1-3H3,(H,26,29)/t15-/m0/s1. The molecule has 1 amide bonds. The van der Waals surface area contributed by atoms with Crippen LogP contribution in [-0.2, 0) is 0 Å². The molecule has 0 aliphatic rings. The number of hydrogen-bond donors (Lipinski definition) is 1. The molecule has 0 saturated carbocycles. The molecule has 162 valence electrons. The summed E-state index contributed by atoms with van der Waals surface area (Å²) in [6.45, 7) is 5.89. The number of benzene rings is 3. The second-order valence-corrected chi connectivity index (χ2v) is 7.80. The molecule has 0 aliphatic heterocycles. The Morgan fingerprint density at radius 1 is 1.16 bits per heavy atom. The molecule has 0 saturated heterocycles. The molecule has 7 nitrogen and oxygen atoms in total. The van der Waals surface area contributed by atoms with Gasteiger partial charge < -0.3 is 9.73 Å². The van der Waals surface area contributed by atoms with E-state index in [0.29, 0.717) is 28.6 Å². The lowest BCUT2D eigenvalue weighted by Gasteiger charge is -2.08. The summed E-state index contributed by atoms with van der Waals surface area (Å²) in [6, 6.07) is 17.7. The molecule has 4 rings (SSSR count). The Kier molecular flexibility index (Phi) is 5.73. The lowest BCUT2D eigenvalue weighted by molar-refractivity contribution is -0.385. The van der Waals surface area contributed by atoms with Gasteiger partial charge in [0.1, 0.15) is 5.52 Å². The van der Waals surface area contributed by atoms with Crippen molar-refractivity contribution in [3.05, 3.63) is 87.5 Å². The molecular formula is C25H23N3O4. The molecule has 1 atom stereocenters. The summed E-state index contributed by atoms with van der Waals surface area (Å²) in [5.41, 5.74) is 4.46. The minimum Gasteiger partial charge on any atom is -0.436 e. The van der Waals surface area contributed by atoms with E-state index in [4.69, 9.17) is 4.42 Å². The Labute approximate surface area is 185 Å². The van der Waals surface area contributed by atoms with Gasteiger partial charge in [0.25, 0.3) is 11.6 Å². The van der Waals surface area contributed by atoms with Crippen LogP contribution >= 0.6 is 0 Å². The van der Waals surface area contributed by atoms with Crippen LogP contribution in [0.15, 0.2) is 65.1 Å². The smallest absolute Gasteiger partial charge is 0.273 e. The molecule has 0 radical (unpaired) electrons. The molecule has 1 heterocycles. The number of aromatic nitrogens is 1. The van der Waals surface area contributed by atoms with Gasteiger partial charge in [0.15, 0.2) is 5.58 Å². The largest absolute Gasteiger partial charge is 0.436 e. The number of nitro groups is 1. The third-order valence-corrected chi connectivity index (χ3v) is 5.71. The zero-order valence-electron chi connectivity index (χ0n) is 18.1. The number of fused-ring (bicyclic) bond motifs is 1. The topological polar surface area (TPSA) is 98.3 Å². The molecule has 1 aromatic heterocycles. The van der Waals surface area contributed by atoms with Gasteiger partial charge in [-0.15, -0.1) is 0 Å². The molecule has 0 unspecified atom stereocenters. The van der Waals surface area contributed by atoms with Crippen molar-refractivity contribution in [3.8, 4) is 11.5 Å². The van der Waals surface area contributed by atoms with E-state index in [2.05, 4.69) is 30.2 Å². The molecule has 32 heavy (non-hydrogen) atoms. The molecular weight excluding hydrogens is 406 g/mol. The van der Waals surface area contributed by atoms with Crippen molar-refractivity contribution in [3.63, 3.8) is 0 Å². The number of oxazole rings is 1. The van der Waals surface area contributed by atoms with E-state index in [9.17, 15) is 14.9 Å². The number of nitrogens with one attached hydrogen (secondary N) is 1. The predicted octanol–water partition coefficient (Wildman–Crippen LogP) is 6.48. The van der Waals surface area contributed by atoms with Crippen molar-refractivity contribution in [1.82, 2.24) is 4.98 Å². The van der Waals surface area contributed by atoms with Crippen LogP contribution < -0.4 is 5.32 Å². The fourth-order valence-electron chi connectivity index (χ4n) is 3.61. The molecule has 3 aromatic carbocycles. The van der Waals surface area contributed by atoms with E-state index in [0.717, 1.165) is 17.5 Å². The highest BCUT2D eigenvalue weighted by atomic mass is 16.6. The van der Waals surface area contributed by atoms with Crippen LogP contribution in [0.25, 0.3) is 22.6 Å². The molecule has 1 N–H and O–H groups in total. The third-order valence-electron chi connectivity index (χ3n) is 5.71. The van der Waals surface area contributed by atoms with Crippen LogP contribution in [-0.4, -0.2) is 15.8 Å². The monoisotopic (exact) mass is 429 g/mol. The van der Waals surface area contributed by atoms with Crippen molar-refractivity contribution in [1.29, 1.82) is 0 Å². The van der Waals surface area contributed by atoms with E-state index in [1.165, 1.54) is 17.7 Å². The van der Waals surface area contributed by atoms with Gasteiger partial charge in [0.05, 0.1) is 4.92 Å². The SMILES string of the molecule is CC[C@H](C)c1ccc2oc(-c3cccc(NC(=O)c4cccc([N+](=O)[O-])c4C)c3)nc2c1. The Hall–Kier alpha value is -4.00. The zero-order valence-corrected chi connectivity index (χ0v) is 18.1. The lowest BCUT2D eigenvalue weighted by atomic mass is 9.98. The second-order valence-electron chi connectivity index (χ2n) is 7.80. The average Bonchev–Trinajstić information content (AvgIpc) is 3.22. The summed E-state index contributed by atoms with van der Waals surface area (Å²) in [7, 11) is 0. The third kappa shape index (κ3) is 4.09. The first-order valence-electron chi connectivity index (χ1n) is 10.4. The van der Waals surface area contributed by atoms with Crippen molar-refractivity contribution in [2.24, 2.45) is 0 Å². The maximum atomic E-state index is 12.8. The maximum absolute atomic E-state index is 12.8. The molecule has 7 heteroatoms. The summed E-state index contributed by atoms with van der Waals surface area (Å²) in [6.07, 6.45) is 1.04. The van der Waals surface area contributed by atoms with Gasteiger partial charge in [0.2, 0.25) is 5.89 Å². The molecule has 4 aromatic rings. The number of hydrogen-bond acceptors (Lipinski definition) is 5. The highest BCUT2D eigenvalue weighted by molar-refractivity contribution is 6.06. The summed E-state index contributed by atoms with van der Waals surface area (Å²) >= 11 is 0. The van der Waals surface area contributed by atoms with Crippen molar-refractivity contribution in [2.45, 2.75) is 33.1 Å². The van der Waals surface area contributed by atoms with Crippen LogP contribution in [0.4, 0.5) is 11.4 Å². The van der Waals surface area contributed by atoms with E-state index >= 15 is 0 Å². The van der Waals surface area contributed by atoms with Gasteiger partial charge >= 0.3 is 0 Å². The number of nitrogens with zero attached hydrogens (tertiary/aromatic N) is 2. The lowest BCUT2D eigenvalue weighted by Crippen LogP contribution is -2.14. The van der Waals surface area contributed by atoms with Gasteiger partial charge in [-0.05, 0) is 61.2 Å². The first-order valence-corrected chi connectivity index (χ1v) is 10.4. The highest BCUT2D eigenvalue weighted by Gasteiger charge is 2.18. The van der Waals surface area contributed by atoms with E-state index in [1.807, 2.05) is 18.2 Å². The van der Waals surface area contributed by atoms with Crippen LogP contribution in [0.3, 0.4) is 0 Å². The minimum atomic E-state index is -0.493. The minimum absolute atomic E-state index is 0.0883. The van der Waals surface area contributed by atoms with E-state index in [1.54, 1.807) is 31.2 Å². The number of anilines is 1. The van der Waals surface area contributed by atoms with Crippen LogP contribution in [0.5, 0.6) is 0 Å². The Morgan fingerprint density at radius 2 is 1.94 bits per heavy atom. The molecule has 0 bridgehead atoms. The molecule has 0 spiro atoms. The number of nitro benzene ring substituents is 1.